The number of benzene rings is 2. The Kier molecular flexibility index (Phi) is 6.06. The maximum atomic E-state index is 12.3. The molecule has 0 aliphatic heterocycles. The molecule has 0 fully saturated rings. The van der Waals surface area contributed by atoms with Gasteiger partial charge in [0.15, 0.2) is 0 Å². The van der Waals surface area contributed by atoms with E-state index in [1.54, 1.807) is 0 Å². The number of para-hydroxylation sites is 1. The van der Waals surface area contributed by atoms with E-state index in [0.717, 1.165) is 11.0 Å². The summed E-state index contributed by atoms with van der Waals surface area (Å²) in [6.45, 7) is 8.55. The molecule has 0 spiro atoms. The summed E-state index contributed by atoms with van der Waals surface area (Å²) < 4.78 is 5.78. The first-order valence-corrected chi connectivity index (χ1v) is 9.90. The third-order valence-electron chi connectivity index (χ3n) is 4.90. The SMILES string of the molecule is C[C@H](NC(=O)CCNC(=O)c1ccc(C(C)(C)C)cc1)c1cc2ccccc2o1. The highest BCUT2D eigenvalue weighted by atomic mass is 16.3. The molecule has 0 radical (unpaired) electrons. The monoisotopic (exact) mass is 392 g/mol. The van der Waals surface area contributed by atoms with Crippen LogP contribution in [0.3, 0.4) is 0 Å². The van der Waals surface area contributed by atoms with E-state index in [2.05, 4.69) is 31.4 Å². The van der Waals surface area contributed by atoms with Crippen LogP contribution in [0.5, 0.6) is 0 Å². The van der Waals surface area contributed by atoms with Gasteiger partial charge in [0.2, 0.25) is 5.91 Å². The molecule has 152 valence electrons. The van der Waals surface area contributed by atoms with Crippen molar-refractivity contribution in [1.82, 2.24) is 10.6 Å². The van der Waals surface area contributed by atoms with Gasteiger partial charge in [0.25, 0.3) is 5.91 Å². The Morgan fingerprint density at radius 3 is 2.38 bits per heavy atom. The molecule has 3 aromatic rings. The number of furan rings is 1. The van der Waals surface area contributed by atoms with E-state index in [0.29, 0.717) is 11.3 Å². The number of carbonyl (C=O) groups excluding carboxylic acids is 2. The van der Waals surface area contributed by atoms with Gasteiger partial charge >= 0.3 is 0 Å². The molecule has 2 amide bonds. The molecule has 5 nitrogen and oxygen atoms in total. The van der Waals surface area contributed by atoms with E-state index >= 15 is 0 Å². The van der Waals surface area contributed by atoms with Crippen molar-refractivity contribution in [3.63, 3.8) is 0 Å². The van der Waals surface area contributed by atoms with E-state index in [1.807, 2.05) is 61.5 Å². The highest BCUT2D eigenvalue weighted by Gasteiger charge is 2.16. The van der Waals surface area contributed by atoms with Crippen molar-refractivity contribution >= 4 is 22.8 Å². The molecule has 0 saturated carbocycles. The topological polar surface area (TPSA) is 71.3 Å². The summed E-state index contributed by atoms with van der Waals surface area (Å²) in [6, 6.07) is 17.0. The van der Waals surface area contributed by atoms with Crippen molar-refractivity contribution in [3.8, 4) is 0 Å². The second-order valence-electron chi connectivity index (χ2n) is 8.31. The molecule has 2 aromatic carbocycles. The highest BCUT2D eigenvalue weighted by Crippen LogP contribution is 2.24. The van der Waals surface area contributed by atoms with Crippen LogP contribution in [0.25, 0.3) is 11.0 Å². The van der Waals surface area contributed by atoms with Crippen molar-refractivity contribution < 1.29 is 14.0 Å². The van der Waals surface area contributed by atoms with Crippen molar-refractivity contribution in [2.24, 2.45) is 0 Å². The Labute approximate surface area is 171 Å². The largest absolute Gasteiger partial charge is 0.459 e. The van der Waals surface area contributed by atoms with Crippen molar-refractivity contribution in [1.29, 1.82) is 0 Å². The summed E-state index contributed by atoms with van der Waals surface area (Å²) in [7, 11) is 0. The number of fused-ring (bicyclic) bond motifs is 1. The first kappa shape index (κ1) is 20.6. The summed E-state index contributed by atoms with van der Waals surface area (Å²) in [6.07, 6.45) is 0.205. The Morgan fingerprint density at radius 1 is 1.03 bits per heavy atom. The van der Waals surface area contributed by atoms with Gasteiger partial charge < -0.3 is 15.1 Å². The second-order valence-corrected chi connectivity index (χ2v) is 8.31. The zero-order valence-corrected chi connectivity index (χ0v) is 17.4. The van der Waals surface area contributed by atoms with Crippen molar-refractivity contribution in [2.45, 2.75) is 45.6 Å². The average molecular weight is 392 g/mol. The van der Waals surface area contributed by atoms with Crippen LogP contribution >= 0.6 is 0 Å². The van der Waals surface area contributed by atoms with Gasteiger partial charge in [-0.1, -0.05) is 51.1 Å². The van der Waals surface area contributed by atoms with Gasteiger partial charge in [-0.05, 0) is 42.2 Å². The fourth-order valence-corrected chi connectivity index (χ4v) is 3.11. The summed E-state index contributed by atoms with van der Waals surface area (Å²) in [4.78, 5) is 24.5. The average Bonchev–Trinajstić information content (AvgIpc) is 3.12. The third-order valence-corrected chi connectivity index (χ3v) is 4.90. The van der Waals surface area contributed by atoms with Crippen LogP contribution in [0, 0.1) is 0 Å². The van der Waals surface area contributed by atoms with E-state index in [4.69, 9.17) is 4.42 Å². The van der Waals surface area contributed by atoms with Crippen LogP contribution in [-0.4, -0.2) is 18.4 Å². The molecule has 0 saturated heterocycles. The predicted octanol–water partition coefficient (Wildman–Crippen LogP) is 4.73. The minimum atomic E-state index is -0.240. The van der Waals surface area contributed by atoms with Crippen LogP contribution in [0.4, 0.5) is 0 Å². The maximum absolute atomic E-state index is 12.3. The van der Waals surface area contributed by atoms with Crippen LogP contribution in [0.15, 0.2) is 59.0 Å². The molecular formula is C24H28N2O3. The lowest BCUT2D eigenvalue weighted by Gasteiger charge is -2.19. The maximum Gasteiger partial charge on any atom is 0.251 e. The van der Waals surface area contributed by atoms with E-state index in [-0.39, 0.29) is 36.2 Å². The molecule has 2 N–H and O–H groups in total. The lowest BCUT2D eigenvalue weighted by Crippen LogP contribution is -2.32. The molecule has 3 rings (SSSR count). The number of rotatable bonds is 6. The normalized spacial score (nSPS) is 12.6. The van der Waals surface area contributed by atoms with Gasteiger partial charge in [-0.25, -0.2) is 0 Å². The summed E-state index contributed by atoms with van der Waals surface area (Å²) in [5, 5.41) is 6.72. The Morgan fingerprint density at radius 2 is 1.72 bits per heavy atom. The summed E-state index contributed by atoms with van der Waals surface area (Å²) in [5.41, 5.74) is 2.61. The van der Waals surface area contributed by atoms with Crippen molar-refractivity contribution in [2.75, 3.05) is 6.54 Å². The minimum absolute atomic E-state index is 0.0453. The number of amides is 2. The molecular weight excluding hydrogens is 364 g/mol. The van der Waals surface area contributed by atoms with Crippen LogP contribution < -0.4 is 10.6 Å². The Balaban J connectivity index is 1.47. The fraction of sp³-hybridized carbons (Fsp3) is 0.333. The summed E-state index contributed by atoms with van der Waals surface area (Å²) in [5.74, 6) is 0.396. The molecule has 0 aliphatic carbocycles. The molecule has 0 unspecified atom stereocenters. The lowest BCUT2D eigenvalue weighted by molar-refractivity contribution is -0.121. The number of hydrogen-bond acceptors (Lipinski definition) is 3. The zero-order valence-electron chi connectivity index (χ0n) is 17.4. The van der Waals surface area contributed by atoms with Gasteiger partial charge in [0, 0.05) is 23.9 Å². The summed E-state index contributed by atoms with van der Waals surface area (Å²) >= 11 is 0. The van der Waals surface area contributed by atoms with Gasteiger partial charge in [-0.2, -0.15) is 0 Å². The molecule has 0 aliphatic rings. The first-order valence-electron chi connectivity index (χ1n) is 9.90. The van der Waals surface area contributed by atoms with E-state index in [1.165, 1.54) is 5.56 Å². The first-order chi connectivity index (χ1) is 13.7. The van der Waals surface area contributed by atoms with Crippen molar-refractivity contribution in [3.05, 3.63) is 71.5 Å². The smallest absolute Gasteiger partial charge is 0.251 e. The third kappa shape index (κ3) is 5.25. The molecule has 5 heteroatoms. The molecule has 29 heavy (non-hydrogen) atoms. The standard InChI is InChI=1S/C24H28N2O3/c1-16(21-15-18-7-5-6-8-20(18)29-21)26-22(27)13-14-25-23(28)17-9-11-19(12-10-17)24(2,3)4/h5-12,15-16H,13-14H2,1-4H3,(H,25,28)(H,26,27)/t16-/m0/s1. The van der Waals surface area contributed by atoms with Gasteiger partial charge in [0.1, 0.15) is 11.3 Å². The minimum Gasteiger partial charge on any atom is -0.459 e. The highest BCUT2D eigenvalue weighted by molar-refractivity contribution is 5.94. The number of nitrogens with one attached hydrogen (secondary N) is 2. The van der Waals surface area contributed by atoms with Crippen LogP contribution in [-0.2, 0) is 10.2 Å². The molecule has 1 aromatic heterocycles. The Hall–Kier alpha value is -3.08. The predicted molar refractivity (Wildman–Crippen MR) is 115 cm³/mol. The Bertz CT molecular complexity index is 964. The fourth-order valence-electron chi connectivity index (χ4n) is 3.11. The second kappa shape index (κ2) is 8.52. The van der Waals surface area contributed by atoms with E-state index in [9.17, 15) is 9.59 Å². The lowest BCUT2D eigenvalue weighted by atomic mass is 9.87. The van der Waals surface area contributed by atoms with Crippen LogP contribution in [0.2, 0.25) is 0 Å². The number of hydrogen-bond donors (Lipinski definition) is 2. The van der Waals surface area contributed by atoms with Crippen LogP contribution in [0.1, 0.15) is 61.8 Å². The van der Waals surface area contributed by atoms with Gasteiger partial charge in [-0.3, -0.25) is 9.59 Å². The molecule has 1 heterocycles. The molecule has 1 atom stereocenters. The van der Waals surface area contributed by atoms with E-state index < -0.39 is 0 Å². The molecule has 0 bridgehead atoms. The number of carbonyl (C=O) groups is 2. The van der Waals surface area contributed by atoms with Gasteiger partial charge in [0.05, 0.1) is 6.04 Å². The zero-order chi connectivity index (χ0) is 21.0. The van der Waals surface area contributed by atoms with Gasteiger partial charge in [-0.15, -0.1) is 0 Å². The quantitative estimate of drug-likeness (QED) is 0.637.